The van der Waals surface area contributed by atoms with Crippen LogP contribution in [0.3, 0.4) is 0 Å². The smallest absolute Gasteiger partial charge is 0.276 e. The molecule has 3 rings (SSSR count). The van der Waals surface area contributed by atoms with Gasteiger partial charge in [0.1, 0.15) is 5.75 Å². The summed E-state index contributed by atoms with van der Waals surface area (Å²) < 4.78 is 26.6. The van der Waals surface area contributed by atoms with Gasteiger partial charge in [0.2, 0.25) is 10.0 Å². The third-order valence-corrected chi connectivity index (χ3v) is 6.63. The number of amides is 1. The topological polar surface area (TPSA) is 127 Å². The van der Waals surface area contributed by atoms with Gasteiger partial charge in [0.15, 0.2) is 5.69 Å². The van der Waals surface area contributed by atoms with E-state index in [9.17, 15) is 18.3 Å². The number of aromatic hydroxyl groups is 1. The lowest BCUT2D eigenvalue weighted by Gasteiger charge is -2.19. The third kappa shape index (κ3) is 4.14. The minimum atomic E-state index is -3.71. The fourth-order valence-electron chi connectivity index (χ4n) is 3.08. The lowest BCUT2D eigenvalue weighted by atomic mass is 10.1. The molecule has 0 aliphatic carbocycles. The molecule has 9 nitrogen and oxygen atoms in total. The molecule has 28 heavy (non-hydrogen) atoms. The predicted molar refractivity (Wildman–Crippen MR) is 107 cm³/mol. The molecular formula is C17H24ClN5O4S. The van der Waals surface area contributed by atoms with Crippen LogP contribution in [0.1, 0.15) is 35.6 Å². The normalized spacial score (nSPS) is 13.7. The summed E-state index contributed by atoms with van der Waals surface area (Å²) in [6.07, 6.45) is 0.748. The van der Waals surface area contributed by atoms with E-state index in [1.807, 2.05) is 0 Å². The summed E-state index contributed by atoms with van der Waals surface area (Å²) in [4.78, 5) is 12.6. The van der Waals surface area contributed by atoms with Gasteiger partial charge in [-0.3, -0.25) is 9.89 Å². The molecule has 0 unspecified atom stereocenters. The second kappa shape index (κ2) is 8.91. The number of halogens is 1. The van der Waals surface area contributed by atoms with Crippen LogP contribution in [0.2, 0.25) is 0 Å². The van der Waals surface area contributed by atoms with Crippen LogP contribution >= 0.6 is 12.4 Å². The molecule has 1 aromatic heterocycles. The molecule has 1 amide bonds. The maximum absolute atomic E-state index is 12.7. The first-order chi connectivity index (χ1) is 12.9. The van der Waals surface area contributed by atoms with Gasteiger partial charge in [-0.05, 0) is 18.2 Å². The Hall–Kier alpha value is -2.14. The van der Waals surface area contributed by atoms with Gasteiger partial charge in [0, 0.05) is 43.9 Å². The molecule has 1 aromatic carbocycles. The maximum Gasteiger partial charge on any atom is 0.276 e. The molecule has 0 bridgehead atoms. The molecule has 11 heteroatoms. The molecular weight excluding hydrogens is 406 g/mol. The van der Waals surface area contributed by atoms with Crippen molar-refractivity contribution in [2.24, 2.45) is 0 Å². The van der Waals surface area contributed by atoms with Crippen LogP contribution in [-0.4, -0.2) is 53.6 Å². The highest BCUT2D eigenvalue weighted by Crippen LogP contribution is 2.29. The Balaban J connectivity index is 0.00000280. The van der Waals surface area contributed by atoms with Gasteiger partial charge < -0.3 is 15.7 Å². The molecule has 0 saturated carbocycles. The number of rotatable bonds is 6. The van der Waals surface area contributed by atoms with E-state index in [0.29, 0.717) is 19.6 Å². The highest BCUT2D eigenvalue weighted by molar-refractivity contribution is 7.89. The lowest BCUT2D eigenvalue weighted by molar-refractivity contribution is 0.102. The number of anilines is 1. The number of carbonyl (C=O) groups is 1. The molecule has 0 radical (unpaired) electrons. The first kappa shape index (κ1) is 22.2. The Morgan fingerprint density at radius 2 is 2.04 bits per heavy atom. The lowest BCUT2D eigenvalue weighted by Crippen LogP contribution is -2.30. The maximum atomic E-state index is 12.7. The van der Waals surface area contributed by atoms with Crippen LogP contribution in [0.25, 0.3) is 0 Å². The standard InChI is InChI=1S/C17H23N5O4S.ClH/c1-3-22(4-2)27(25,26)11-5-6-15(23)14(9-11)19-17(24)16-12-10-18-8-7-13(12)20-21-16;/h5-6,9,18,23H,3-4,7-8,10H2,1-2H3,(H,19,24)(H,20,21);1H. The summed E-state index contributed by atoms with van der Waals surface area (Å²) in [5.41, 5.74) is 1.94. The summed E-state index contributed by atoms with van der Waals surface area (Å²) in [5.74, 6) is -0.728. The summed E-state index contributed by atoms with van der Waals surface area (Å²) in [6, 6.07) is 3.84. The molecule has 154 valence electrons. The Morgan fingerprint density at radius 3 is 2.71 bits per heavy atom. The number of H-pyrrole nitrogens is 1. The van der Waals surface area contributed by atoms with Crippen LogP contribution in [0.5, 0.6) is 5.75 Å². The fourth-order valence-corrected chi connectivity index (χ4v) is 4.57. The van der Waals surface area contributed by atoms with E-state index >= 15 is 0 Å². The van der Waals surface area contributed by atoms with Gasteiger partial charge in [-0.1, -0.05) is 13.8 Å². The van der Waals surface area contributed by atoms with Crippen molar-refractivity contribution in [1.29, 1.82) is 0 Å². The molecule has 0 fully saturated rings. The highest BCUT2D eigenvalue weighted by atomic mass is 35.5. The van der Waals surface area contributed by atoms with E-state index in [1.165, 1.54) is 22.5 Å². The van der Waals surface area contributed by atoms with Crippen molar-refractivity contribution in [2.75, 3.05) is 25.0 Å². The second-order valence-electron chi connectivity index (χ2n) is 6.18. The zero-order valence-corrected chi connectivity index (χ0v) is 17.3. The number of phenolic OH excluding ortho intramolecular Hbond substituents is 1. The van der Waals surface area contributed by atoms with E-state index in [1.54, 1.807) is 13.8 Å². The largest absolute Gasteiger partial charge is 0.506 e. The number of aromatic nitrogens is 2. The number of carbonyl (C=O) groups excluding carboxylic acids is 1. The van der Waals surface area contributed by atoms with Crippen molar-refractivity contribution in [2.45, 2.75) is 31.7 Å². The first-order valence-corrected chi connectivity index (χ1v) is 10.2. The molecule has 0 saturated heterocycles. The number of nitrogens with one attached hydrogen (secondary N) is 3. The van der Waals surface area contributed by atoms with Crippen molar-refractivity contribution in [3.05, 3.63) is 35.2 Å². The zero-order valence-electron chi connectivity index (χ0n) is 15.7. The van der Waals surface area contributed by atoms with Gasteiger partial charge in [0.25, 0.3) is 5.91 Å². The van der Waals surface area contributed by atoms with Gasteiger partial charge >= 0.3 is 0 Å². The molecule has 1 aliphatic rings. The Kier molecular flexibility index (Phi) is 7.05. The SMILES string of the molecule is CCN(CC)S(=O)(=O)c1ccc(O)c(NC(=O)c2n[nH]c3c2CNCC3)c1.Cl. The van der Waals surface area contributed by atoms with E-state index in [-0.39, 0.29) is 34.4 Å². The number of sulfonamides is 1. The zero-order chi connectivity index (χ0) is 19.6. The molecule has 0 atom stereocenters. The first-order valence-electron chi connectivity index (χ1n) is 8.79. The number of nitrogens with zero attached hydrogens (tertiary/aromatic N) is 2. The second-order valence-corrected chi connectivity index (χ2v) is 8.12. The Bertz CT molecular complexity index is 956. The van der Waals surface area contributed by atoms with E-state index < -0.39 is 15.9 Å². The fraction of sp³-hybridized carbons (Fsp3) is 0.412. The predicted octanol–water partition coefficient (Wildman–Crippen LogP) is 1.47. The number of aromatic amines is 1. The van der Waals surface area contributed by atoms with Crippen molar-refractivity contribution < 1.29 is 18.3 Å². The number of hydrogen-bond donors (Lipinski definition) is 4. The molecule has 2 heterocycles. The van der Waals surface area contributed by atoms with Gasteiger partial charge in [-0.2, -0.15) is 9.40 Å². The summed E-state index contributed by atoms with van der Waals surface area (Å²) >= 11 is 0. The van der Waals surface area contributed by atoms with Gasteiger partial charge in [-0.15, -0.1) is 12.4 Å². The number of fused-ring (bicyclic) bond motifs is 1. The summed E-state index contributed by atoms with van der Waals surface area (Å²) in [6.45, 7) is 5.48. The van der Waals surface area contributed by atoms with Gasteiger partial charge in [0.05, 0.1) is 10.6 Å². The van der Waals surface area contributed by atoms with Crippen LogP contribution in [-0.2, 0) is 23.0 Å². The third-order valence-electron chi connectivity index (χ3n) is 4.58. The van der Waals surface area contributed by atoms with Crippen LogP contribution in [0, 0.1) is 0 Å². The van der Waals surface area contributed by atoms with E-state index in [0.717, 1.165) is 24.2 Å². The van der Waals surface area contributed by atoms with Gasteiger partial charge in [-0.25, -0.2) is 8.42 Å². The average Bonchev–Trinajstić information content (AvgIpc) is 3.08. The van der Waals surface area contributed by atoms with E-state index in [4.69, 9.17) is 0 Å². The van der Waals surface area contributed by atoms with Crippen molar-refractivity contribution >= 4 is 34.0 Å². The molecule has 0 spiro atoms. The van der Waals surface area contributed by atoms with Crippen LogP contribution in [0.4, 0.5) is 5.69 Å². The van der Waals surface area contributed by atoms with Crippen molar-refractivity contribution in [1.82, 2.24) is 19.8 Å². The molecule has 2 aromatic rings. The number of hydrogen-bond acceptors (Lipinski definition) is 6. The van der Waals surface area contributed by atoms with Crippen molar-refractivity contribution in [3.63, 3.8) is 0 Å². The summed E-state index contributed by atoms with van der Waals surface area (Å²) in [5, 5.41) is 22.7. The van der Waals surface area contributed by atoms with Crippen LogP contribution < -0.4 is 10.6 Å². The Morgan fingerprint density at radius 1 is 1.32 bits per heavy atom. The number of benzene rings is 1. The highest BCUT2D eigenvalue weighted by Gasteiger charge is 2.25. The minimum Gasteiger partial charge on any atom is -0.506 e. The quantitative estimate of drug-likeness (QED) is 0.515. The van der Waals surface area contributed by atoms with Crippen molar-refractivity contribution in [3.8, 4) is 5.75 Å². The van der Waals surface area contributed by atoms with E-state index in [2.05, 4.69) is 20.8 Å². The van der Waals surface area contributed by atoms with Crippen LogP contribution in [0.15, 0.2) is 23.1 Å². The molecule has 1 aliphatic heterocycles. The number of phenols is 1. The molecule has 4 N–H and O–H groups in total. The Labute approximate surface area is 170 Å². The average molecular weight is 430 g/mol. The summed E-state index contributed by atoms with van der Waals surface area (Å²) in [7, 11) is -3.71. The minimum absolute atomic E-state index is 0. The monoisotopic (exact) mass is 429 g/mol.